The van der Waals surface area contributed by atoms with E-state index in [-0.39, 0.29) is 12.0 Å². The van der Waals surface area contributed by atoms with Crippen LogP contribution in [0.25, 0.3) is 0 Å². The highest BCUT2D eigenvalue weighted by molar-refractivity contribution is 5.92. The van der Waals surface area contributed by atoms with E-state index in [0.29, 0.717) is 5.56 Å². The molecule has 0 fully saturated rings. The Morgan fingerprint density at radius 1 is 1.25 bits per heavy atom. The predicted octanol–water partition coefficient (Wildman–Crippen LogP) is 3.35. The zero-order valence-electron chi connectivity index (χ0n) is 11.9. The highest BCUT2D eigenvalue weighted by atomic mass is 16.5. The van der Waals surface area contributed by atoms with E-state index in [4.69, 9.17) is 4.74 Å². The van der Waals surface area contributed by atoms with Gasteiger partial charge < -0.3 is 10.1 Å². The Labute approximate surface area is 118 Å². The van der Waals surface area contributed by atoms with E-state index < -0.39 is 0 Å². The number of carbonyl (C=O) groups excluding carboxylic acids is 1. The Hall–Kier alpha value is -2.36. The van der Waals surface area contributed by atoms with Crippen molar-refractivity contribution >= 4 is 11.7 Å². The molecule has 0 aliphatic heterocycles. The first kappa shape index (κ1) is 14.1. The maximum Gasteiger partial charge on any atom is 0.338 e. The van der Waals surface area contributed by atoms with E-state index in [1.54, 1.807) is 18.5 Å². The highest BCUT2D eigenvalue weighted by Crippen LogP contribution is 2.24. The molecule has 0 saturated heterocycles. The summed E-state index contributed by atoms with van der Waals surface area (Å²) in [4.78, 5) is 15.7. The van der Waals surface area contributed by atoms with Gasteiger partial charge in [-0.05, 0) is 49.2 Å². The molecule has 2 aromatic rings. The Morgan fingerprint density at radius 2 is 1.95 bits per heavy atom. The van der Waals surface area contributed by atoms with Crippen molar-refractivity contribution in [1.82, 2.24) is 4.98 Å². The number of esters is 1. The number of anilines is 1. The van der Waals surface area contributed by atoms with Gasteiger partial charge in [-0.25, -0.2) is 4.79 Å². The summed E-state index contributed by atoms with van der Waals surface area (Å²) < 4.78 is 4.79. The van der Waals surface area contributed by atoms with Crippen LogP contribution in [0.2, 0.25) is 0 Å². The molecule has 1 heterocycles. The largest absolute Gasteiger partial charge is 0.465 e. The lowest BCUT2D eigenvalue weighted by molar-refractivity contribution is 0.0600. The summed E-state index contributed by atoms with van der Waals surface area (Å²) in [5.74, 6) is -0.317. The minimum Gasteiger partial charge on any atom is -0.465 e. The number of nitrogens with zero attached hydrogens (tertiary/aromatic N) is 1. The number of hydrogen-bond acceptors (Lipinski definition) is 4. The first-order valence-electron chi connectivity index (χ1n) is 6.48. The number of benzene rings is 1. The van der Waals surface area contributed by atoms with Gasteiger partial charge in [0.25, 0.3) is 0 Å². The monoisotopic (exact) mass is 270 g/mol. The standard InChI is InChI=1S/C16H18N2O2/c1-11-14(16(19)20-3)5-4-6-15(11)18-12(2)13-7-9-17-10-8-13/h4-10,12,18H,1-3H3. The van der Waals surface area contributed by atoms with E-state index in [1.165, 1.54) is 7.11 Å². The van der Waals surface area contributed by atoms with Crippen molar-refractivity contribution in [2.45, 2.75) is 19.9 Å². The van der Waals surface area contributed by atoms with Gasteiger partial charge in [-0.15, -0.1) is 0 Å². The molecule has 0 aliphatic rings. The molecule has 1 unspecified atom stereocenters. The summed E-state index contributed by atoms with van der Waals surface area (Å²) in [6.07, 6.45) is 3.54. The molecule has 104 valence electrons. The summed E-state index contributed by atoms with van der Waals surface area (Å²) in [7, 11) is 1.39. The predicted molar refractivity (Wildman–Crippen MR) is 78.8 cm³/mol. The molecule has 0 spiro atoms. The van der Waals surface area contributed by atoms with Crippen LogP contribution in [0.1, 0.15) is 34.5 Å². The Morgan fingerprint density at radius 3 is 2.60 bits per heavy atom. The summed E-state index contributed by atoms with van der Waals surface area (Å²) in [6, 6.07) is 9.64. The molecule has 0 bridgehead atoms. The second-order valence-electron chi connectivity index (χ2n) is 4.62. The third kappa shape index (κ3) is 2.96. The summed E-state index contributed by atoms with van der Waals surface area (Å²) in [5, 5.41) is 3.41. The number of carbonyl (C=O) groups is 1. The molecule has 1 atom stereocenters. The van der Waals surface area contributed by atoms with E-state index in [1.807, 2.05) is 31.2 Å². The minimum atomic E-state index is -0.317. The molecular weight excluding hydrogens is 252 g/mol. The van der Waals surface area contributed by atoms with Crippen molar-refractivity contribution in [2.75, 3.05) is 12.4 Å². The van der Waals surface area contributed by atoms with Crippen LogP contribution in [0, 0.1) is 6.92 Å². The van der Waals surface area contributed by atoms with Gasteiger partial charge in [0.1, 0.15) is 0 Å². The first-order chi connectivity index (χ1) is 9.63. The second kappa shape index (κ2) is 6.19. The molecule has 0 amide bonds. The lowest BCUT2D eigenvalue weighted by Crippen LogP contribution is -2.10. The van der Waals surface area contributed by atoms with Crippen molar-refractivity contribution in [3.05, 3.63) is 59.4 Å². The topological polar surface area (TPSA) is 51.2 Å². The minimum absolute atomic E-state index is 0.129. The van der Waals surface area contributed by atoms with Crippen LogP contribution in [0.3, 0.4) is 0 Å². The van der Waals surface area contributed by atoms with Crippen LogP contribution in [0.4, 0.5) is 5.69 Å². The summed E-state index contributed by atoms with van der Waals surface area (Å²) >= 11 is 0. The fraction of sp³-hybridized carbons (Fsp3) is 0.250. The van der Waals surface area contributed by atoms with Gasteiger partial charge in [-0.3, -0.25) is 4.98 Å². The van der Waals surface area contributed by atoms with E-state index in [2.05, 4.69) is 17.2 Å². The van der Waals surface area contributed by atoms with Gasteiger partial charge >= 0.3 is 5.97 Å². The molecule has 2 rings (SSSR count). The van der Waals surface area contributed by atoms with Gasteiger partial charge in [0.05, 0.1) is 12.7 Å². The van der Waals surface area contributed by atoms with E-state index >= 15 is 0 Å². The molecule has 4 heteroatoms. The lowest BCUT2D eigenvalue weighted by Gasteiger charge is -2.18. The molecule has 1 aromatic carbocycles. The van der Waals surface area contributed by atoms with Crippen LogP contribution >= 0.6 is 0 Å². The number of nitrogens with one attached hydrogen (secondary N) is 1. The van der Waals surface area contributed by atoms with Crippen LogP contribution < -0.4 is 5.32 Å². The number of ether oxygens (including phenoxy) is 1. The quantitative estimate of drug-likeness (QED) is 0.866. The van der Waals surface area contributed by atoms with Crippen LogP contribution in [0.15, 0.2) is 42.7 Å². The number of methoxy groups -OCH3 is 1. The Bertz CT molecular complexity index is 597. The maximum absolute atomic E-state index is 11.7. The van der Waals surface area contributed by atoms with Crippen molar-refractivity contribution in [2.24, 2.45) is 0 Å². The van der Waals surface area contributed by atoms with Crippen molar-refractivity contribution in [3.8, 4) is 0 Å². The molecule has 1 aromatic heterocycles. The van der Waals surface area contributed by atoms with E-state index in [9.17, 15) is 4.79 Å². The highest BCUT2D eigenvalue weighted by Gasteiger charge is 2.13. The summed E-state index contributed by atoms with van der Waals surface area (Å²) in [6.45, 7) is 3.98. The molecule has 0 saturated carbocycles. The normalized spacial score (nSPS) is 11.8. The van der Waals surface area contributed by atoms with Gasteiger partial charge in [0, 0.05) is 24.1 Å². The van der Waals surface area contributed by atoms with Crippen LogP contribution in [-0.2, 0) is 4.74 Å². The molecular formula is C16H18N2O2. The van der Waals surface area contributed by atoms with Crippen LogP contribution in [0.5, 0.6) is 0 Å². The maximum atomic E-state index is 11.7. The van der Waals surface area contributed by atoms with Crippen molar-refractivity contribution < 1.29 is 9.53 Å². The average Bonchev–Trinajstić information content (AvgIpc) is 2.49. The Balaban J connectivity index is 2.24. The zero-order chi connectivity index (χ0) is 14.5. The first-order valence-corrected chi connectivity index (χ1v) is 6.48. The fourth-order valence-corrected chi connectivity index (χ4v) is 2.09. The number of rotatable bonds is 4. The fourth-order valence-electron chi connectivity index (χ4n) is 2.09. The number of aromatic nitrogens is 1. The van der Waals surface area contributed by atoms with Crippen molar-refractivity contribution in [1.29, 1.82) is 0 Å². The van der Waals surface area contributed by atoms with Crippen molar-refractivity contribution in [3.63, 3.8) is 0 Å². The number of hydrogen-bond donors (Lipinski definition) is 1. The molecule has 20 heavy (non-hydrogen) atoms. The van der Waals surface area contributed by atoms with Crippen LogP contribution in [-0.4, -0.2) is 18.1 Å². The zero-order valence-corrected chi connectivity index (χ0v) is 11.9. The van der Waals surface area contributed by atoms with E-state index in [0.717, 1.165) is 16.8 Å². The third-order valence-corrected chi connectivity index (χ3v) is 3.32. The smallest absolute Gasteiger partial charge is 0.338 e. The Kier molecular flexibility index (Phi) is 4.35. The second-order valence-corrected chi connectivity index (χ2v) is 4.62. The average molecular weight is 270 g/mol. The lowest BCUT2D eigenvalue weighted by atomic mass is 10.0. The molecule has 4 nitrogen and oxygen atoms in total. The summed E-state index contributed by atoms with van der Waals surface area (Å²) in [5.41, 5.74) is 3.54. The molecule has 0 aliphatic carbocycles. The third-order valence-electron chi connectivity index (χ3n) is 3.32. The van der Waals surface area contributed by atoms with Gasteiger partial charge in [0.2, 0.25) is 0 Å². The van der Waals surface area contributed by atoms with Gasteiger partial charge in [-0.1, -0.05) is 6.07 Å². The van der Waals surface area contributed by atoms with Gasteiger partial charge in [-0.2, -0.15) is 0 Å². The van der Waals surface area contributed by atoms with Gasteiger partial charge in [0.15, 0.2) is 0 Å². The number of pyridine rings is 1. The SMILES string of the molecule is COC(=O)c1cccc(NC(C)c2ccncc2)c1C. The molecule has 1 N–H and O–H groups in total. The molecule has 0 radical (unpaired) electrons.